The fourth-order valence-electron chi connectivity index (χ4n) is 12.6. The molecule has 1 heterocycles. The van der Waals surface area contributed by atoms with Crippen LogP contribution in [-0.2, 0) is 4.74 Å². The van der Waals surface area contributed by atoms with Crippen molar-refractivity contribution in [1.29, 1.82) is 0 Å². The van der Waals surface area contributed by atoms with Gasteiger partial charge in [-0.2, -0.15) is 0 Å². The van der Waals surface area contributed by atoms with Crippen LogP contribution in [0, 0.1) is 33.5 Å². The Labute approximate surface area is 319 Å². The van der Waals surface area contributed by atoms with E-state index in [9.17, 15) is 15.0 Å². The molecule has 282 valence electrons. The molecule has 2 bridgehead atoms. The van der Waals surface area contributed by atoms with Gasteiger partial charge in [-0.25, -0.2) is 4.79 Å². The zero-order valence-corrected chi connectivity index (χ0v) is 31.7. The third-order valence-electron chi connectivity index (χ3n) is 15.4. The summed E-state index contributed by atoms with van der Waals surface area (Å²) in [4.78, 5) is 31.4. The maximum atomic E-state index is 15.5. The van der Waals surface area contributed by atoms with Gasteiger partial charge in [0.25, 0.3) is 0 Å². The number of ketones is 1. The number of nitrogens with one attached hydrogen (secondary N) is 1. The molecule has 1 aliphatic heterocycles. The van der Waals surface area contributed by atoms with Crippen LogP contribution in [0.1, 0.15) is 82.0 Å². The predicted molar refractivity (Wildman–Crippen MR) is 211 cm³/mol. The maximum Gasteiger partial charge on any atom is 0.322 e. The van der Waals surface area contributed by atoms with E-state index >= 15 is 4.79 Å². The van der Waals surface area contributed by atoms with Crippen LogP contribution in [0.25, 0.3) is 11.1 Å². The van der Waals surface area contributed by atoms with E-state index in [1.165, 1.54) is 0 Å². The summed E-state index contributed by atoms with van der Waals surface area (Å²) in [5, 5.41) is 27.4. The number of hydrogen-bond acceptors (Lipinski definition) is 5. The van der Waals surface area contributed by atoms with Gasteiger partial charge in [0.15, 0.2) is 5.78 Å². The molecule has 1 saturated heterocycles. The molecule has 3 aromatic carbocycles. The van der Waals surface area contributed by atoms with Gasteiger partial charge < -0.3 is 25.2 Å². The molecule has 4 fully saturated rings. The average Bonchev–Trinajstić information content (AvgIpc) is 3.80. The highest BCUT2D eigenvalue weighted by molar-refractivity contribution is 6.14. The van der Waals surface area contributed by atoms with Crippen LogP contribution in [0.3, 0.4) is 0 Å². The van der Waals surface area contributed by atoms with E-state index in [4.69, 9.17) is 4.74 Å². The molecular formula is C47H54N2O5. The van der Waals surface area contributed by atoms with Crippen molar-refractivity contribution in [2.24, 2.45) is 33.5 Å². The number of amides is 2. The number of rotatable bonds is 8. The number of allylic oxidation sites excluding steroid dienone is 4. The molecule has 7 heteroatoms. The van der Waals surface area contributed by atoms with Gasteiger partial charge in [0.05, 0.1) is 24.4 Å². The number of anilines is 1. The standard InChI is InChI=1S/C47H54N2O5/c1-43-22-19-34(50)28-45(43)25-26-47(38(29-45)41(51)37-18-10-9-17-36(37)32-12-5-3-6-13-32)39(43)20-23-44(2)40(47)21-24-46(44,53)31-49(30-35-16-11-27-54-35)42(52)48-33-14-7-4-8-15-33/h3-10,12-15,17-18,25-26,29,34-35,39-40,50,53H,11,16,19-24,27-28,30-31H2,1-2H3,(H,48,52). The van der Waals surface area contributed by atoms with Crippen molar-refractivity contribution in [3.8, 4) is 11.1 Å². The molecule has 3 saturated carbocycles. The van der Waals surface area contributed by atoms with E-state index < -0.39 is 27.9 Å². The zero-order chi connectivity index (χ0) is 37.3. The number of urea groups is 1. The lowest BCUT2D eigenvalue weighted by Crippen LogP contribution is -2.67. The predicted octanol–water partition coefficient (Wildman–Crippen LogP) is 8.84. The van der Waals surface area contributed by atoms with Crippen LogP contribution >= 0.6 is 0 Å². The van der Waals surface area contributed by atoms with Crippen molar-refractivity contribution >= 4 is 17.5 Å². The molecule has 0 aromatic heterocycles. The van der Waals surface area contributed by atoms with E-state index in [1.807, 2.05) is 72.8 Å². The summed E-state index contributed by atoms with van der Waals surface area (Å²) in [7, 11) is 0. The minimum atomic E-state index is -1.18. The second-order valence-electron chi connectivity index (χ2n) is 17.9. The fraction of sp³-hybridized carbons (Fsp3) is 0.489. The zero-order valence-electron chi connectivity index (χ0n) is 31.7. The van der Waals surface area contributed by atoms with Gasteiger partial charge in [0.2, 0.25) is 0 Å². The topological polar surface area (TPSA) is 99.1 Å². The van der Waals surface area contributed by atoms with Crippen molar-refractivity contribution in [3.63, 3.8) is 0 Å². The molecule has 10 rings (SSSR count). The van der Waals surface area contributed by atoms with Crippen LogP contribution in [0.4, 0.5) is 10.5 Å². The Morgan fingerprint density at radius 1 is 0.833 bits per heavy atom. The minimum absolute atomic E-state index is 0.0205. The Morgan fingerprint density at radius 2 is 1.52 bits per heavy atom. The van der Waals surface area contributed by atoms with E-state index in [0.717, 1.165) is 67.3 Å². The van der Waals surface area contributed by atoms with Gasteiger partial charge in [-0.15, -0.1) is 0 Å². The largest absolute Gasteiger partial charge is 0.393 e. The molecule has 9 atom stereocenters. The molecule has 2 amide bonds. The van der Waals surface area contributed by atoms with Gasteiger partial charge in [0.1, 0.15) is 0 Å². The first-order valence-corrected chi connectivity index (χ1v) is 20.3. The molecule has 54 heavy (non-hydrogen) atoms. The van der Waals surface area contributed by atoms with Gasteiger partial charge in [-0.05, 0) is 98.3 Å². The van der Waals surface area contributed by atoms with Gasteiger partial charge in [-0.1, -0.05) is 105 Å². The van der Waals surface area contributed by atoms with Crippen LogP contribution in [0.2, 0.25) is 0 Å². The number of ether oxygens (including phenoxy) is 1. The normalized spacial score (nSPS) is 37.5. The van der Waals surface area contributed by atoms with Crippen molar-refractivity contribution in [2.45, 2.75) is 89.4 Å². The number of benzene rings is 3. The van der Waals surface area contributed by atoms with Gasteiger partial charge in [-0.3, -0.25) is 4.79 Å². The number of carbonyl (C=O) groups excluding carboxylic acids is 2. The second kappa shape index (κ2) is 13.0. The average molecular weight is 727 g/mol. The molecule has 9 unspecified atom stereocenters. The summed E-state index contributed by atoms with van der Waals surface area (Å²) < 4.78 is 6.04. The fourth-order valence-corrected chi connectivity index (χ4v) is 12.6. The number of aliphatic hydroxyl groups is 2. The van der Waals surface area contributed by atoms with Crippen LogP contribution in [0.15, 0.2) is 109 Å². The van der Waals surface area contributed by atoms with E-state index in [0.29, 0.717) is 31.6 Å². The molecule has 7 nitrogen and oxygen atoms in total. The molecule has 6 aliphatic carbocycles. The lowest BCUT2D eigenvalue weighted by atomic mass is 9.32. The molecule has 2 spiro atoms. The number of para-hydroxylation sites is 1. The van der Waals surface area contributed by atoms with E-state index in [-0.39, 0.29) is 41.7 Å². The minimum Gasteiger partial charge on any atom is -0.393 e. The summed E-state index contributed by atoms with van der Waals surface area (Å²) in [6.07, 6.45) is 13.6. The third-order valence-corrected chi connectivity index (χ3v) is 15.4. The quantitative estimate of drug-likeness (QED) is 0.159. The van der Waals surface area contributed by atoms with Crippen LogP contribution < -0.4 is 5.32 Å². The molecular weight excluding hydrogens is 673 g/mol. The Balaban J connectivity index is 1.12. The van der Waals surface area contributed by atoms with Crippen molar-refractivity contribution in [3.05, 3.63) is 114 Å². The Hall–Kier alpha value is -4.04. The number of nitrogens with zero attached hydrogens (tertiary/aromatic N) is 1. The summed E-state index contributed by atoms with van der Waals surface area (Å²) in [6, 6.07) is 27.4. The summed E-state index contributed by atoms with van der Waals surface area (Å²) >= 11 is 0. The van der Waals surface area contributed by atoms with Crippen molar-refractivity contribution in [1.82, 2.24) is 4.90 Å². The SMILES string of the molecule is CC12CCC(O)CC13C=CC1(C(C(=O)c4ccccc4-c4ccccc4)=C3)C2CCC2(C)C1CCC2(O)CN(CC1CCCO1)C(=O)Nc1ccccc1. The number of Topliss-reactive ketones (excluding diaryl/α,β-unsaturated/α-hetero) is 1. The summed E-state index contributed by atoms with van der Waals surface area (Å²) in [5.74, 6) is 0.209. The van der Waals surface area contributed by atoms with Gasteiger partial charge >= 0.3 is 6.03 Å². The van der Waals surface area contributed by atoms with Crippen LogP contribution in [0.5, 0.6) is 0 Å². The van der Waals surface area contributed by atoms with Crippen LogP contribution in [-0.4, -0.2) is 64.4 Å². The Bertz CT molecular complexity index is 1990. The molecule has 3 aromatic rings. The Kier molecular flexibility index (Phi) is 8.60. The van der Waals surface area contributed by atoms with Gasteiger partial charge in [0, 0.05) is 46.2 Å². The summed E-state index contributed by atoms with van der Waals surface area (Å²) in [5.41, 5.74) is 1.28. The molecule has 3 N–H and O–H groups in total. The molecule has 7 aliphatic rings. The third kappa shape index (κ3) is 5.25. The summed E-state index contributed by atoms with van der Waals surface area (Å²) in [6.45, 7) is 5.95. The van der Waals surface area contributed by atoms with Crippen molar-refractivity contribution < 1.29 is 24.5 Å². The highest BCUT2D eigenvalue weighted by Gasteiger charge is 2.74. The lowest BCUT2D eigenvalue weighted by Gasteiger charge is -2.71. The number of aliphatic hydroxyl groups excluding tert-OH is 1. The highest BCUT2D eigenvalue weighted by atomic mass is 16.5. The van der Waals surface area contributed by atoms with E-state index in [1.54, 1.807) is 4.90 Å². The van der Waals surface area contributed by atoms with E-state index in [2.05, 4.69) is 49.5 Å². The molecule has 0 radical (unpaired) electrons. The van der Waals surface area contributed by atoms with Crippen molar-refractivity contribution in [2.75, 3.05) is 25.0 Å². The highest BCUT2D eigenvalue weighted by Crippen LogP contribution is 2.78. The first-order valence-electron chi connectivity index (χ1n) is 20.3. The maximum absolute atomic E-state index is 15.5. The second-order valence-corrected chi connectivity index (χ2v) is 17.9. The Morgan fingerprint density at radius 3 is 2.28 bits per heavy atom. The smallest absolute Gasteiger partial charge is 0.322 e. The number of fused-ring (bicyclic) bond motifs is 1. The monoisotopic (exact) mass is 726 g/mol. The lowest BCUT2D eigenvalue weighted by molar-refractivity contribution is -0.175. The number of hydrogen-bond donors (Lipinski definition) is 3. The number of carbonyl (C=O) groups is 2. The first kappa shape index (κ1) is 35.6. The first-order chi connectivity index (χ1) is 26.0.